The molecule has 7 heteroatoms. The smallest absolute Gasteiger partial charge is 0.338 e. The average molecular weight is 453 g/mol. The van der Waals surface area contributed by atoms with Crippen molar-refractivity contribution in [2.75, 3.05) is 13.2 Å². The summed E-state index contributed by atoms with van der Waals surface area (Å²) in [5.74, 6) is 0.874. The van der Waals surface area contributed by atoms with Gasteiger partial charge in [0.25, 0.3) is 0 Å². The number of urea groups is 1. The van der Waals surface area contributed by atoms with Crippen LogP contribution in [0.3, 0.4) is 0 Å². The topological polar surface area (TPSA) is 85.9 Å². The first-order valence-electron chi connectivity index (χ1n) is 11.2. The lowest BCUT2D eigenvalue weighted by Crippen LogP contribution is -2.45. The molecule has 2 amide bonds. The Balaban J connectivity index is 1.87. The van der Waals surface area contributed by atoms with E-state index in [9.17, 15) is 9.59 Å². The molecule has 1 aliphatic heterocycles. The third-order valence-corrected chi connectivity index (χ3v) is 5.15. The summed E-state index contributed by atoms with van der Waals surface area (Å²) in [7, 11) is 0. The van der Waals surface area contributed by atoms with Gasteiger partial charge in [0.1, 0.15) is 6.61 Å². The second-order valence-corrected chi connectivity index (χ2v) is 8.48. The second-order valence-electron chi connectivity index (χ2n) is 8.48. The number of nitrogens with one attached hydrogen (secondary N) is 2. The van der Waals surface area contributed by atoms with Gasteiger partial charge in [0.15, 0.2) is 11.5 Å². The largest absolute Gasteiger partial charge is 0.490 e. The average Bonchev–Trinajstić information content (AvgIpc) is 2.77. The van der Waals surface area contributed by atoms with Crippen LogP contribution in [-0.2, 0) is 16.1 Å². The second kappa shape index (κ2) is 10.9. The molecule has 2 aromatic carbocycles. The van der Waals surface area contributed by atoms with Gasteiger partial charge in [-0.3, -0.25) is 0 Å². The maximum atomic E-state index is 12.8. The van der Waals surface area contributed by atoms with Crippen molar-refractivity contribution in [3.05, 3.63) is 70.4 Å². The zero-order chi connectivity index (χ0) is 24.0. The molecular weight excluding hydrogens is 420 g/mol. The van der Waals surface area contributed by atoms with Crippen molar-refractivity contribution in [1.29, 1.82) is 0 Å². The number of hydrogen-bond acceptors (Lipinski definition) is 5. The summed E-state index contributed by atoms with van der Waals surface area (Å²) in [6, 6.07) is 12.5. The zero-order valence-corrected chi connectivity index (χ0v) is 19.9. The molecule has 1 aliphatic rings. The molecule has 0 aliphatic carbocycles. The molecule has 7 nitrogen and oxygen atoms in total. The fraction of sp³-hybridized carbons (Fsp3) is 0.385. The van der Waals surface area contributed by atoms with Crippen LogP contribution in [0.4, 0.5) is 4.79 Å². The van der Waals surface area contributed by atoms with Crippen LogP contribution in [-0.4, -0.2) is 25.2 Å². The van der Waals surface area contributed by atoms with Crippen LogP contribution in [0.2, 0.25) is 0 Å². The minimum Gasteiger partial charge on any atom is -0.490 e. The Kier molecular flexibility index (Phi) is 7.98. The van der Waals surface area contributed by atoms with E-state index in [-0.39, 0.29) is 11.9 Å². The van der Waals surface area contributed by atoms with E-state index in [1.165, 1.54) is 5.56 Å². The van der Waals surface area contributed by atoms with Crippen molar-refractivity contribution in [2.24, 2.45) is 5.92 Å². The molecule has 3 rings (SSSR count). The number of hydrogen-bond donors (Lipinski definition) is 2. The molecular formula is C26H32N2O5. The quantitative estimate of drug-likeness (QED) is 0.534. The molecule has 1 atom stereocenters. The third-order valence-electron chi connectivity index (χ3n) is 5.15. The highest BCUT2D eigenvalue weighted by Crippen LogP contribution is 2.35. The number of rotatable bonds is 9. The lowest BCUT2D eigenvalue weighted by Gasteiger charge is -2.28. The molecule has 0 saturated heterocycles. The van der Waals surface area contributed by atoms with Crippen LogP contribution in [0.25, 0.3) is 0 Å². The number of amides is 2. The van der Waals surface area contributed by atoms with Gasteiger partial charge in [0.05, 0.1) is 24.8 Å². The van der Waals surface area contributed by atoms with Gasteiger partial charge < -0.3 is 24.8 Å². The Bertz CT molecular complexity index is 1030. The number of ether oxygens (including phenoxy) is 3. The van der Waals surface area contributed by atoms with Crippen molar-refractivity contribution in [2.45, 2.75) is 47.3 Å². The summed E-state index contributed by atoms with van der Waals surface area (Å²) in [4.78, 5) is 25.0. The molecule has 0 aromatic heterocycles. The van der Waals surface area contributed by atoms with Gasteiger partial charge in [-0.05, 0) is 49.9 Å². The minimum atomic E-state index is -0.663. The number of carbonyl (C=O) groups excluding carboxylic acids is 2. The van der Waals surface area contributed by atoms with E-state index >= 15 is 0 Å². The molecule has 2 aromatic rings. The molecule has 0 fully saturated rings. The maximum Gasteiger partial charge on any atom is 0.338 e. The lowest BCUT2D eigenvalue weighted by molar-refractivity contribution is -0.140. The maximum absolute atomic E-state index is 12.8. The van der Waals surface area contributed by atoms with Crippen LogP contribution < -0.4 is 20.1 Å². The highest BCUT2D eigenvalue weighted by Gasteiger charge is 2.33. The van der Waals surface area contributed by atoms with E-state index in [0.717, 1.165) is 5.56 Å². The van der Waals surface area contributed by atoms with Crippen LogP contribution in [0.1, 0.15) is 50.4 Å². The molecule has 0 bridgehead atoms. The summed E-state index contributed by atoms with van der Waals surface area (Å²) in [5, 5.41) is 5.49. The third kappa shape index (κ3) is 6.28. The van der Waals surface area contributed by atoms with Crippen LogP contribution in [0, 0.1) is 12.8 Å². The molecule has 33 heavy (non-hydrogen) atoms. The van der Waals surface area contributed by atoms with Gasteiger partial charge in [0, 0.05) is 5.70 Å². The van der Waals surface area contributed by atoms with Crippen molar-refractivity contribution in [1.82, 2.24) is 10.6 Å². The van der Waals surface area contributed by atoms with E-state index in [2.05, 4.69) is 10.6 Å². The Morgan fingerprint density at radius 1 is 1.03 bits per heavy atom. The molecule has 1 heterocycles. The molecule has 0 saturated carbocycles. The van der Waals surface area contributed by atoms with E-state index in [1.54, 1.807) is 19.1 Å². The molecule has 176 valence electrons. The van der Waals surface area contributed by atoms with Crippen molar-refractivity contribution >= 4 is 12.0 Å². The molecule has 0 spiro atoms. The van der Waals surface area contributed by atoms with Gasteiger partial charge in [-0.25, -0.2) is 9.59 Å². The highest BCUT2D eigenvalue weighted by molar-refractivity contribution is 5.95. The summed E-state index contributed by atoms with van der Waals surface area (Å²) in [6.45, 7) is 10.7. The molecule has 0 radical (unpaired) electrons. The predicted octanol–water partition coefficient (Wildman–Crippen LogP) is 4.80. The highest BCUT2D eigenvalue weighted by atomic mass is 16.5. The van der Waals surface area contributed by atoms with Gasteiger partial charge >= 0.3 is 12.0 Å². The fourth-order valence-corrected chi connectivity index (χ4v) is 3.47. The van der Waals surface area contributed by atoms with Crippen LogP contribution in [0.5, 0.6) is 11.5 Å². The van der Waals surface area contributed by atoms with Crippen molar-refractivity contribution in [3.8, 4) is 11.5 Å². The SMILES string of the molecule is CCOc1cc(C2NC(=O)NC(C)=C2C(=O)OCC(C)C)ccc1OCc1ccc(C)cc1. The summed E-state index contributed by atoms with van der Waals surface area (Å²) < 4.78 is 17.3. The van der Waals surface area contributed by atoms with E-state index < -0.39 is 12.0 Å². The lowest BCUT2D eigenvalue weighted by atomic mass is 9.95. The number of allylic oxidation sites excluding steroid dienone is 1. The predicted molar refractivity (Wildman–Crippen MR) is 126 cm³/mol. The van der Waals surface area contributed by atoms with Crippen LogP contribution >= 0.6 is 0 Å². The standard InChI is InChI=1S/C26H32N2O5/c1-6-31-22-13-20(11-12-21(22)32-15-19-9-7-17(4)8-10-19)24-23(18(5)27-26(30)28-24)25(29)33-14-16(2)3/h7-13,16,24H,6,14-15H2,1-5H3,(H2,27,28,30). The Morgan fingerprint density at radius 2 is 1.76 bits per heavy atom. The first kappa shape index (κ1) is 24.2. The molecule has 2 N–H and O–H groups in total. The summed E-state index contributed by atoms with van der Waals surface area (Å²) in [6.07, 6.45) is 0. The van der Waals surface area contributed by atoms with Gasteiger partial charge in [-0.15, -0.1) is 0 Å². The van der Waals surface area contributed by atoms with E-state index in [1.807, 2.05) is 58.0 Å². The summed E-state index contributed by atoms with van der Waals surface area (Å²) >= 11 is 0. The van der Waals surface area contributed by atoms with Gasteiger partial charge in [0.2, 0.25) is 0 Å². The monoisotopic (exact) mass is 452 g/mol. The zero-order valence-electron chi connectivity index (χ0n) is 19.9. The van der Waals surface area contributed by atoms with Crippen molar-refractivity contribution < 1.29 is 23.8 Å². The summed E-state index contributed by atoms with van der Waals surface area (Å²) in [5.41, 5.74) is 3.77. The van der Waals surface area contributed by atoms with Crippen molar-refractivity contribution in [3.63, 3.8) is 0 Å². The van der Waals surface area contributed by atoms with E-state index in [4.69, 9.17) is 14.2 Å². The first-order chi connectivity index (χ1) is 15.8. The Labute approximate surface area is 195 Å². The minimum absolute atomic E-state index is 0.203. The van der Waals surface area contributed by atoms with Gasteiger partial charge in [-0.1, -0.05) is 49.7 Å². The number of esters is 1. The van der Waals surface area contributed by atoms with E-state index in [0.29, 0.717) is 48.2 Å². The number of benzene rings is 2. The Hall–Kier alpha value is -3.48. The first-order valence-corrected chi connectivity index (χ1v) is 11.2. The number of aryl methyl sites for hydroxylation is 1. The van der Waals surface area contributed by atoms with Crippen LogP contribution in [0.15, 0.2) is 53.7 Å². The Morgan fingerprint density at radius 3 is 2.42 bits per heavy atom. The normalized spacial score (nSPS) is 15.7. The van der Waals surface area contributed by atoms with Gasteiger partial charge in [-0.2, -0.15) is 0 Å². The fourth-order valence-electron chi connectivity index (χ4n) is 3.47. The number of carbonyl (C=O) groups is 2. The molecule has 1 unspecified atom stereocenters.